The van der Waals surface area contributed by atoms with Crippen molar-refractivity contribution in [2.24, 2.45) is 0 Å². The molecular formula is C21H27N3O2. The summed E-state index contributed by atoms with van der Waals surface area (Å²) in [4.78, 5) is 19.1. The van der Waals surface area contributed by atoms with Crippen molar-refractivity contribution in [2.45, 2.75) is 32.1 Å². The summed E-state index contributed by atoms with van der Waals surface area (Å²) in [5.41, 5.74) is 2.66. The first-order valence-corrected chi connectivity index (χ1v) is 9.39. The molecule has 5 nitrogen and oxygen atoms in total. The summed E-state index contributed by atoms with van der Waals surface area (Å²) in [6.07, 6.45) is 7.46. The number of hydrogen-bond acceptors (Lipinski definition) is 4. The van der Waals surface area contributed by atoms with Gasteiger partial charge < -0.3 is 15.0 Å². The van der Waals surface area contributed by atoms with Crippen molar-refractivity contribution in [3.05, 3.63) is 53.9 Å². The van der Waals surface area contributed by atoms with Crippen LogP contribution in [0.2, 0.25) is 0 Å². The van der Waals surface area contributed by atoms with Gasteiger partial charge in [0.1, 0.15) is 11.4 Å². The largest absolute Gasteiger partial charge is 0.496 e. The van der Waals surface area contributed by atoms with E-state index in [0.29, 0.717) is 12.2 Å². The number of rotatable bonds is 6. The lowest BCUT2D eigenvalue weighted by molar-refractivity contribution is 0.0949. The molecule has 1 aliphatic heterocycles. The third-order valence-electron chi connectivity index (χ3n) is 4.82. The smallest absolute Gasteiger partial charge is 0.269 e. The molecule has 2 heterocycles. The number of carbonyl (C=O) groups excluding carboxylic acids is 1. The molecular weight excluding hydrogens is 326 g/mol. The van der Waals surface area contributed by atoms with Crippen LogP contribution in [0.5, 0.6) is 5.75 Å². The van der Waals surface area contributed by atoms with Crippen LogP contribution in [0.4, 0.5) is 5.69 Å². The van der Waals surface area contributed by atoms with E-state index in [4.69, 9.17) is 4.74 Å². The number of hydrogen-bond donors (Lipinski definition) is 1. The highest BCUT2D eigenvalue weighted by molar-refractivity contribution is 5.93. The summed E-state index contributed by atoms with van der Waals surface area (Å²) >= 11 is 0. The number of ether oxygens (including phenoxy) is 1. The fourth-order valence-electron chi connectivity index (χ4n) is 3.38. The highest BCUT2D eigenvalue weighted by atomic mass is 16.5. The SMILES string of the molecule is COc1ccccc1CCNC(=O)c1cc(N2CCCCCC2)ccn1. The van der Waals surface area contributed by atoms with Crippen LogP contribution in [-0.2, 0) is 6.42 Å². The van der Waals surface area contributed by atoms with E-state index < -0.39 is 0 Å². The summed E-state index contributed by atoms with van der Waals surface area (Å²) in [5.74, 6) is 0.722. The van der Waals surface area contributed by atoms with Gasteiger partial charge in [-0.1, -0.05) is 31.0 Å². The van der Waals surface area contributed by atoms with Gasteiger partial charge in [-0.2, -0.15) is 0 Å². The van der Waals surface area contributed by atoms with Crippen LogP contribution in [-0.4, -0.2) is 37.6 Å². The van der Waals surface area contributed by atoms with Gasteiger partial charge in [-0.15, -0.1) is 0 Å². The zero-order chi connectivity index (χ0) is 18.2. The van der Waals surface area contributed by atoms with Crippen LogP contribution >= 0.6 is 0 Å². The predicted octanol–water partition coefficient (Wildman–Crippen LogP) is 3.44. The van der Waals surface area contributed by atoms with Gasteiger partial charge in [-0.25, -0.2) is 0 Å². The highest BCUT2D eigenvalue weighted by Crippen LogP contribution is 2.20. The molecule has 1 aromatic heterocycles. The van der Waals surface area contributed by atoms with Gasteiger partial charge in [0.15, 0.2) is 0 Å². The van der Waals surface area contributed by atoms with Crippen LogP contribution in [0.15, 0.2) is 42.6 Å². The minimum atomic E-state index is -0.128. The van der Waals surface area contributed by atoms with Crippen molar-refractivity contribution in [1.82, 2.24) is 10.3 Å². The average molecular weight is 353 g/mol. The first kappa shape index (κ1) is 18.2. The fraction of sp³-hybridized carbons (Fsp3) is 0.429. The number of aromatic nitrogens is 1. The van der Waals surface area contributed by atoms with Crippen LogP contribution in [0.3, 0.4) is 0 Å². The second-order valence-corrected chi connectivity index (χ2v) is 6.62. The molecule has 2 aromatic rings. The molecule has 0 saturated carbocycles. The van der Waals surface area contributed by atoms with E-state index in [9.17, 15) is 4.79 Å². The Kier molecular flexibility index (Phi) is 6.47. The molecule has 1 saturated heterocycles. The molecule has 0 bridgehead atoms. The van der Waals surface area contributed by atoms with Gasteiger partial charge in [-0.3, -0.25) is 9.78 Å². The molecule has 5 heteroatoms. The van der Waals surface area contributed by atoms with Crippen LogP contribution in [0.1, 0.15) is 41.7 Å². The second-order valence-electron chi connectivity index (χ2n) is 6.62. The third kappa shape index (κ3) is 4.75. The minimum Gasteiger partial charge on any atom is -0.496 e. The maximum Gasteiger partial charge on any atom is 0.269 e. The Morgan fingerprint density at radius 1 is 1.15 bits per heavy atom. The van der Waals surface area contributed by atoms with Gasteiger partial charge in [0, 0.05) is 31.5 Å². The Morgan fingerprint density at radius 3 is 2.69 bits per heavy atom. The average Bonchev–Trinajstić information content (AvgIpc) is 2.98. The molecule has 1 amide bonds. The van der Waals surface area contributed by atoms with Crippen molar-refractivity contribution >= 4 is 11.6 Å². The predicted molar refractivity (Wildman–Crippen MR) is 104 cm³/mol. The number of nitrogens with one attached hydrogen (secondary N) is 1. The molecule has 0 unspecified atom stereocenters. The standard InChI is InChI=1S/C21H27N3O2/c1-26-20-9-5-4-8-17(20)10-12-23-21(25)19-16-18(11-13-22-19)24-14-6-2-3-7-15-24/h4-5,8-9,11,13,16H,2-3,6-7,10,12,14-15H2,1H3,(H,23,25). The van der Waals surface area contributed by atoms with Crippen LogP contribution < -0.4 is 15.0 Å². The minimum absolute atomic E-state index is 0.128. The number of methoxy groups -OCH3 is 1. The van der Waals surface area contributed by atoms with E-state index in [1.54, 1.807) is 13.3 Å². The summed E-state index contributed by atoms with van der Waals surface area (Å²) in [6, 6.07) is 11.8. The second kappa shape index (κ2) is 9.22. The molecule has 1 aromatic carbocycles. The molecule has 1 N–H and O–H groups in total. The Bertz CT molecular complexity index is 725. The van der Waals surface area contributed by atoms with Crippen molar-refractivity contribution in [1.29, 1.82) is 0 Å². The lowest BCUT2D eigenvalue weighted by Crippen LogP contribution is -2.28. The molecule has 1 fully saturated rings. The van der Waals surface area contributed by atoms with Crippen molar-refractivity contribution in [2.75, 3.05) is 31.6 Å². The summed E-state index contributed by atoms with van der Waals surface area (Å²) in [6.45, 7) is 2.66. The van der Waals surface area contributed by atoms with Gasteiger partial charge in [-0.05, 0) is 43.0 Å². The number of anilines is 1. The van der Waals surface area contributed by atoms with Crippen molar-refractivity contribution < 1.29 is 9.53 Å². The molecule has 1 aliphatic rings. The Balaban J connectivity index is 1.58. The van der Waals surface area contributed by atoms with Crippen molar-refractivity contribution in [3.8, 4) is 5.75 Å². The van der Waals surface area contributed by atoms with Crippen molar-refractivity contribution in [3.63, 3.8) is 0 Å². The summed E-state index contributed by atoms with van der Waals surface area (Å²) < 4.78 is 5.35. The van der Waals surface area contributed by atoms with E-state index >= 15 is 0 Å². The monoisotopic (exact) mass is 353 g/mol. The number of nitrogens with zero attached hydrogens (tertiary/aromatic N) is 2. The first-order valence-electron chi connectivity index (χ1n) is 9.39. The van der Waals surface area contributed by atoms with Gasteiger partial charge >= 0.3 is 0 Å². The quantitative estimate of drug-likeness (QED) is 0.864. The molecule has 3 rings (SSSR count). The van der Waals surface area contributed by atoms with E-state index in [1.807, 2.05) is 36.4 Å². The van der Waals surface area contributed by atoms with Gasteiger partial charge in [0.05, 0.1) is 7.11 Å². The lowest BCUT2D eigenvalue weighted by Gasteiger charge is -2.22. The summed E-state index contributed by atoms with van der Waals surface area (Å²) in [7, 11) is 1.66. The molecule has 0 atom stereocenters. The van der Waals surface area contributed by atoms with E-state index in [1.165, 1.54) is 25.7 Å². The number of pyridine rings is 1. The van der Waals surface area contributed by atoms with Gasteiger partial charge in [0.2, 0.25) is 0 Å². The van der Waals surface area contributed by atoms with E-state index in [-0.39, 0.29) is 5.91 Å². The zero-order valence-corrected chi connectivity index (χ0v) is 15.4. The maximum absolute atomic E-state index is 12.5. The third-order valence-corrected chi connectivity index (χ3v) is 4.82. The zero-order valence-electron chi connectivity index (χ0n) is 15.4. The number of benzene rings is 1. The van der Waals surface area contributed by atoms with Crippen LogP contribution in [0, 0.1) is 0 Å². The topological polar surface area (TPSA) is 54.5 Å². The number of carbonyl (C=O) groups is 1. The summed E-state index contributed by atoms with van der Waals surface area (Å²) in [5, 5.41) is 2.97. The Labute approximate surface area is 155 Å². The van der Waals surface area contributed by atoms with E-state index in [2.05, 4.69) is 15.2 Å². The Hall–Kier alpha value is -2.56. The highest BCUT2D eigenvalue weighted by Gasteiger charge is 2.13. The maximum atomic E-state index is 12.5. The van der Waals surface area contributed by atoms with Gasteiger partial charge in [0.25, 0.3) is 5.91 Å². The molecule has 0 radical (unpaired) electrons. The van der Waals surface area contributed by atoms with Crippen LogP contribution in [0.25, 0.3) is 0 Å². The molecule has 138 valence electrons. The fourth-order valence-corrected chi connectivity index (χ4v) is 3.38. The Morgan fingerprint density at radius 2 is 1.92 bits per heavy atom. The van der Waals surface area contributed by atoms with E-state index in [0.717, 1.165) is 36.5 Å². The normalized spacial score (nSPS) is 14.6. The number of para-hydroxylation sites is 1. The molecule has 0 spiro atoms. The molecule has 26 heavy (non-hydrogen) atoms. The molecule has 0 aliphatic carbocycles. The number of amides is 1. The first-order chi connectivity index (χ1) is 12.8. The lowest BCUT2D eigenvalue weighted by atomic mass is 10.1.